The zero-order valence-electron chi connectivity index (χ0n) is 10.6. The van der Waals surface area contributed by atoms with Crippen molar-refractivity contribution in [2.24, 2.45) is 5.92 Å². The molecule has 0 bridgehead atoms. The highest BCUT2D eigenvalue weighted by Crippen LogP contribution is 2.39. The summed E-state index contributed by atoms with van der Waals surface area (Å²) in [6.45, 7) is 7.96. The van der Waals surface area contributed by atoms with Gasteiger partial charge in [0.25, 0.3) is 0 Å². The largest absolute Gasteiger partial charge is 0.314 e. The molecule has 2 heteroatoms. The summed E-state index contributed by atoms with van der Waals surface area (Å²) in [5.74, 6) is 1.63. The van der Waals surface area contributed by atoms with Crippen LogP contribution in [0, 0.1) is 5.92 Å². The average molecular weight is 237 g/mol. The van der Waals surface area contributed by atoms with Gasteiger partial charge in [-0.25, -0.2) is 0 Å². The van der Waals surface area contributed by atoms with Crippen molar-refractivity contribution in [3.8, 4) is 0 Å². The fourth-order valence-electron chi connectivity index (χ4n) is 2.78. The summed E-state index contributed by atoms with van der Waals surface area (Å²) < 4.78 is 0. The lowest BCUT2D eigenvalue weighted by Crippen LogP contribution is -2.33. The van der Waals surface area contributed by atoms with E-state index in [0.29, 0.717) is 6.04 Å². The van der Waals surface area contributed by atoms with Crippen molar-refractivity contribution in [3.05, 3.63) is 21.9 Å². The van der Waals surface area contributed by atoms with E-state index in [2.05, 4.69) is 37.5 Å². The molecule has 1 aliphatic rings. The first-order chi connectivity index (χ1) is 7.72. The Morgan fingerprint density at radius 2 is 2.31 bits per heavy atom. The summed E-state index contributed by atoms with van der Waals surface area (Å²) in [7, 11) is 0. The Morgan fingerprint density at radius 3 is 3.00 bits per heavy atom. The van der Waals surface area contributed by atoms with Crippen molar-refractivity contribution in [3.63, 3.8) is 0 Å². The van der Waals surface area contributed by atoms with Crippen LogP contribution in [-0.4, -0.2) is 12.6 Å². The van der Waals surface area contributed by atoms with Crippen LogP contribution < -0.4 is 5.32 Å². The quantitative estimate of drug-likeness (QED) is 0.840. The van der Waals surface area contributed by atoms with E-state index in [1.807, 2.05) is 11.3 Å². The maximum atomic E-state index is 3.61. The van der Waals surface area contributed by atoms with Gasteiger partial charge in [0.2, 0.25) is 0 Å². The van der Waals surface area contributed by atoms with Crippen LogP contribution in [0.1, 0.15) is 50.0 Å². The van der Waals surface area contributed by atoms with Crippen molar-refractivity contribution in [1.82, 2.24) is 5.32 Å². The molecular formula is C14H23NS. The van der Waals surface area contributed by atoms with Gasteiger partial charge in [0.1, 0.15) is 0 Å². The molecule has 0 radical (unpaired) electrons. The predicted molar refractivity (Wildman–Crippen MR) is 72.3 cm³/mol. The van der Waals surface area contributed by atoms with E-state index in [4.69, 9.17) is 0 Å². The standard InChI is InChI=1S/C14H23NS/c1-4-11-5-6-14-12(7-8-16-14)13(11)9-15-10(2)3/h7-8,10-11,13,15H,4-6,9H2,1-3H3. The molecule has 1 aliphatic carbocycles. The first-order valence-corrected chi connectivity index (χ1v) is 7.40. The van der Waals surface area contributed by atoms with E-state index in [1.54, 1.807) is 10.4 Å². The summed E-state index contributed by atoms with van der Waals surface area (Å²) >= 11 is 1.95. The SMILES string of the molecule is CCC1CCc2sccc2C1CNC(C)C. The van der Waals surface area contributed by atoms with Gasteiger partial charge < -0.3 is 5.32 Å². The molecule has 0 fully saturated rings. The number of rotatable bonds is 4. The Balaban J connectivity index is 2.12. The minimum absolute atomic E-state index is 0.599. The van der Waals surface area contributed by atoms with Gasteiger partial charge in [0, 0.05) is 23.4 Å². The molecule has 0 spiro atoms. The molecule has 1 N–H and O–H groups in total. The van der Waals surface area contributed by atoms with Crippen LogP contribution in [0.5, 0.6) is 0 Å². The second-order valence-corrected chi connectivity index (χ2v) is 6.18. The Bertz CT molecular complexity index is 329. The average Bonchev–Trinajstić information content (AvgIpc) is 2.73. The van der Waals surface area contributed by atoms with Crippen LogP contribution in [0.15, 0.2) is 11.4 Å². The maximum absolute atomic E-state index is 3.61. The third-order valence-corrected chi connectivity index (χ3v) is 4.76. The zero-order valence-corrected chi connectivity index (χ0v) is 11.4. The molecule has 2 unspecified atom stereocenters. The molecule has 2 atom stereocenters. The monoisotopic (exact) mass is 237 g/mol. The van der Waals surface area contributed by atoms with E-state index in [-0.39, 0.29) is 0 Å². The van der Waals surface area contributed by atoms with Crippen LogP contribution in [0.25, 0.3) is 0 Å². The van der Waals surface area contributed by atoms with Crippen LogP contribution in [0.3, 0.4) is 0 Å². The number of hydrogen-bond donors (Lipinski definition) is 1. The van der Waals surface area contributed by atoms with Crippen LogP contribution >= 0.6 is 11.3 Å². The third-order valence-electron chi connectivity index (χ3n) is 3.76. The van der Waals surface area contributed by atoms with Crippen LogP contribution in [-0.2, 0) is 6.42 Å². The minimum atomic E-state index is 0.599. The number of hydrogen-bond acceptors (Lipinski definition) is 2. The van der Waals surface area contributed by atoms with E-state index in [9.17, 15) is 0 Å². The Labute approximate surface area is 103 Å². The Morgan fingerprint density at radius 1 is 1.50 bits per heavy atom. The van der Waals surface area contributed by atoms with Gasteiger partial charge in [-0.2, -0.15) is 0 Å². The molecular weight excluding hydrogens is 214 g/mol. The Kier molecular flexibility index (Phi) is 4.04. The van der Waals surface area contributed by atoms with E-state index in [0.717, 1.165) is 18.4 Å². The summed E-state index contributed by atoms with van der Waals surface area (Å²) in [6, 6.07) is 2.95. The van der Waals surface area contributed by atoms with Crippen molar-refractivity contribution >= 4 is 11.3 Å². The molecule has 1 aromatic heterocycles. The molecule has 0 saturated carbocycles. The van der Waals surface area contributed by atoms with Gasteiger partial charge in [-0.15, -0.1) is 11.3 Å². The van der Waals surface area contributed by atoms with E-state index >= 15 is 0 Å². The van der Waals surface area contributed by atoms with Gasteiger partial charge >= 0.3 is 0 Å². The molecule has 90 valence electrons. The second kappa shape index (κ2) is 5.33. The molecule has 0 saturated heterocycles. The smallest absolute Gasteiger partial charge is 0.00807 e. The van der Waals surface area contributed by atoms with Gasteiger partial charge in [-0.05, 0) is 35.8 Å². The summed E-state index contributed by atoms with van der Waals surface area (Å²) in [4.78, 5) is 1.64. The number of thiophene rings is 1. The highest BCUT2D eigenvalue weighted by Gasteiger charge is 2.28. The van der Waals surface area contributed by atoms with Crippen molar-refractivity contribution in [2.45, 2.75) is 52.0 Å². The zero-order chi connectivity index (χ0) is 11.5. The maximum Gasteiger partial charge on any atom is 0.00807 e. The van der Waals surface area contributed by atoms with Crippen molar-refractivity contribution in [2.75, 3.05) is 6.54 Å². The highest BCUT2D eigenvalue weighted by molar-refractivity contribution is 7.10. The molecule has 1 aromatic rings. The second-order valence-electron chi connectivity index (χ2n) is 5.18. The van der Waals surface area contributed by atoms with Crippen molar-refractivity contribution < 1.29 is 0 Å². The lowest BCUT2D eigenvalue weighted by atomic mass is 9.77. The van der Waals surface area contributed by atoms with E-state index in [1.165, 1.54) is 19.3 Å². The third kappa shape index (κ3) is 2.49. The predicted octanol–water partition coefficient (Wildman–Crippen LogP) is 3.80. The number of aryl methyl sites for hydroxylation is 1. The van der Waals surface area contributed by atoms with Gasteiger partial charge in [-0.3, -0.25) is 0 Å². The van der Waals surface area contributed by atoms with Crippen molar-refractivity contribution in [1.29, 1.82) is 0 Å². The first kappa shape index (κ1) is 12.1. The van der Waals surface area contributed by atoms with Crippen LogP contribution in [0.2, 0.25) is 0 Å². The Hall–Kier alpha value is -0.340. The molecule has 1 nitrogen and oxygen atoms in total. The first-order valence-electron chi connectivity index (χ1n) is 6.52. The lowest BCUT2D eigenvalue weighted by molar-refractivity contribution is 0.343. The molecule has 0 amide bonds. The van der Waals surface area contributed by atoms with Crippen LogP contribution in [0.4, 0.5) is 0 Å². The van der Waals surface area contributed by atoms with E-state index < -0.39 is 0 Å². The number of nitrogens with one attached hydrogen (secondary N) is 1. The molecule has 1 heterocycles. The van der Waals surface area contributed by atoms with Gasteiger partial charge in [-0.1, -0.05) is 27.2 Å². The fraction of sp³-hybridized carbons (Fsp3) is 0.714. The molecule has 2 rings (SSSR count). The minimum Gasteiger partial charge on any atom is -0.314 e. The molecule has 16 heavy (non-hydrogen) atoms. The molecule has 0 aromatic carbocycles. The fourth-order valence-corrected chi connectivity index (χ4v) is 3.75. The summed E-state index contributed by atoms with van der Waals surface area (Å²) in [6.07, 6.45) is 4.01. The van der Waals surface area contributed by atoms with Gasteiger partial charge in [0.05, 0.1) is 0 Å². The normalized spacial score (nSPS) is 24.8. The molecule has 0 aliphatic heterocycles. The topological polar surface area (TPSA) is 12.0 Å². The lowest BCUT2D eigenvalue weighted by Gasteiger charge is -2.32. The highest BCUT2D eigenvalue weighted by atomic mass is 32.1. The summed E-state index contributed by atoms with van der Waals surface area (Å²) in [5.41, 5.74) is 1.64. The summed E-state index contributed by atoms with van der Waals surface area (Å²) in [5, 5.41) is 5.88. The van der Waals surface area contributed by atoms with Gasteiger partial charge in [0.15, 0.2) is 0 Å². The number of fused-ring (bicyclic) bond motifs is 1.